The van der Waals surface area contributed by atoms with Gasteiger partial charge in [-0.25, -0.2) is 0 Å². The van der Waals surface area contributed by atoms with Crippen molar-refractivity contribution in [1.29, 1.82) is 0 Å². The summed E-state index contributed by atoms with van der Waals surface area (Å²) in [6, 6.07) is 7.64. The van der Waals surface area contributed by atoms with E-state index < -0.39 is 6.10 Å². The van der Waals surface area contributed by atoms with E-state index in [9.17, 15) is 9.90 Å². The van der Waals surface area contributed by atoms with E-state index in [1.165, 1.54) is 38.8 Å². The van der Waals surface area contributed by atoms with Crippen molar-refractivity contribution in [1.82, 2.24) is 4.90 Å². The molecule has 0 aromatic heterocycles. The van der Waals surface area contributed by atoms with Crippen LogP contribution in [0, 0.1) is 5.92 Å². The van der Waals surface area contributed by atoms with E-state index in [2.05, 4.69) is 10.2 Å². The average Bonchev–Trinajstić information content (AvgIpc) is 3.40. The van der Waals surface area contributed by atoms with E-state index in [0.29, 0.717) is 0 Å². The summed E-state index contributed by atoms with van der Waals surface area (Å²) in [5.74, 6) is 0.341. The van der Waals surface area contributed by atoms with Crippen molar-refractivity contribution >= 4 is 11.6 Å². The van der Waals surface area contributed by atoms with Gasteiger partial charge < -0.3 is 15.3 Å². The number of amides is 1. The lowest BCUT2D eigenvalue weighted by atomic mass is 10.1. The fourth-order valence-corrected chi connectivity index (χ4v) is 3.21. The Morgan fingerprint density at radius 1 is 1.13 bits per heavy atom. The molecule has 1 atom stereocenters. The summed E-state index contributed by atoms with van der Waals surface area (Å²) < 4.78 is 0. The Morgan fingerprint density at radius 3 is 2.39 bits per heavy atom. The number of carbonyl (C=O) groups excluding carboxylic acids is 1. The standard InChI is InChI=1S/C19H28N2O2/c22-18(11-14-21-12-3-1-2-4-13-21)15-7-9-17(10-8-15)20-19(23)16-5-6-16/h7-10,16,18,22H,1-6,11-14H2,(H,20,23). The van der Waals surface area contributed by atoms with Crippen LogP contribution in [0.2, 0.25) is 0 Å². The molecule has 3 rings (SSSR count). The summed E-state index contributed by atoms with van der Waals surface area (Å²) in [6.07, 6.45) is 7.62. The molecule has 1 saturated carbocycles. The highest BCUT2D eigenvalue weighted by atomic mass is 16.3. The van der Waals surface area contributed by atoms with Gasteiger partial charge in [-0.15, -0.1) is 0 Å². The molecule has 4 nitrogen and oxygen atoms in total. The minimum absolute atomic E-state index is 0.125. The molecule has 1 unspecified atom stereocenters. The van der Waals surface area contributed by atoms with E-state index >= 15 is 0 Å². The number of aliphatic hydroxyl groups excluding tert-OH is 1. The van der Waals surface area contributed by atoms with Crippen LogP contribution in [0.4, 0.5) is 5.69 Å². The van der Waals surface area contributed by atoms with Gasteiger partial charge >= 0.3 is 0 Å². The smallest absolute Gasteiger partial charge is 0.227 e. The van der Waals surface area contributed by atoms with Crippen molar-refractivity contribution in [3.05, 3.63) is 29.8 Å². The van der Waals surface area contributed by atoms with Crippen molar-refractivity contribution in [3.8, 4) is 0 Å². The SMILES string of the molecule is O=C(Nc1ccc(C(O)CCN2CCCCCC2)cc1)C1CC1. The number of nitrogens with one attached hydrogen (secondary N) is 1. The maximum absolute atomic E-state index is 11.7. The molecule has 1 aliphatic heterocycles. The quantitative estimate of drug-likeness (QED) is 0.846. The number of hydrogen-bond acceptors (Lipinski definition) is 3. The first-order chi connectivity index (χ1) is 11.2. The molecule has 0 radical (unpaired) electrons. The minimum Gasteiger partial charge on any atom is -0.388 e. The molecule has 0 bridgehead atoms. The molecule has 0 spiro atoms. The van der Waals surface area contributed by atoms with E-state index in [0.717, 1.165) is 37.1 Å². The first-order valence-corrected chi connectivity index (χ1v) is 9.03. The lowest BCUT2D eigenvalue weighted by Crippen LogP contribution is -2.26. The monoisotopic (exact) mass is 316 g/mol. The van der Waals surface area contributed by atoms with Crippen molar-refractivity contribution in [2.75, 3.05) is 25.0 Å². The first kappa shape index (κ1) is 16.5. The Morgan fingerprint density at radius 2 is 1.78 bits per heavy atom. The summed E-state index contributed by atoms with van der Waals surface area (Å²) >= 11 is 0. The van der Waals surface area contributed by atoms with Crippen LogP contribution >= 0.6 is 0 Å². The Labute approximate surface area is 138 Å². The predicted octanol–water partition coefficient (Wildman–Crippen LogP) is 3.33. The zero-order valence-electron chi connectivity index (χ0n) is 13.8. The third kappa shape index (κ3) is 5.05. The van der Waals surface area contributed by atoms with E-state index in [1.807, 2.05) is 24.3 Å². The summed E-state index contributed by atoms with van der Waals surface area (Å²) in [5, 5.41) is 13.3. The molecule has 126 valence electrons. The highest BCUT2D eigenvalue weighted by Gasteiger charge is 2.29. The number of anilines is 1. The Hall–Kier alpha value is -1.39. The van der Waals surface area contributed by atoms with Crippen LogP contribution in [0.25, 0.3) is 0 Å². The highest BCUT2D eigenvalue weighted by molar-refractivity contribution is 5.93. The Bertz CT molecular complexity index is 503. The Balaban J connectivity index is 1.46. The molecule has 1 aromatic carbocycles. The number of rotatable bonds is 6. The third-order valence-electron chi connectivity index (χ3n) is 4.93. The van der Waals surface area contributed by atoms with Crippen molar-refractivity contribution in [3.63, 3.8) is 0 Å². The molecule has 2 N–H and O–H groups in total. The molecular weight excluding hydrogens is 288 g/mol. The maximum atomic E-state index is 11.7. The highest BCUT2D eigenvalue weighted by Crippen LogP contribution is 2.30. The third-order valence-corrected chi connectivity index (χ3v) is 4.93. The van der Waals surface area contributed by atoms with Crippen LogP contribution in [-0.2, 0) is 4.79 Å². The van der Waals surface area contributed by atoms with Gasteiger partial charge in [0.2, 0.25) is 5.91 Å². The fraction of sp³-hybridized carbons (Fsp3) is 0.632. The van der Waals surface area contributed by atoms with Crippen LogP contribution in [0.3, 0.4) is 0 Å². The number of nitrogens with zero attached hydrogens (tertiary/aromatic N) is 1. The lowest BCUT2D eigenvalue weighted by molar-refractivity contribution is -0.117. The number of benzene rings is 1. The van der Waals surface area contributed by atoms with Crippen LogP contribution in [0.15, 0.2) is 24.3 Å². The largest absolute Gasteiger partial charge is 0.388 e. The van der Waals surface area contributed by atoms with Gasteiger partial charge in [-0.1, -0.05) is 25.0 Å². The van der Waals surface area contributed by atoms with Gasteiger partial charge in [0, 0.05) is 18.2 Å². The van der Waals surface area contributed by atoms with Gasteiger partial charge in [-0.05, 0) is 62.9 Å². The molecule has 1 aliphatic carbocycles. The summed E-state index contributed by atoms with van der Waals surface area (Å²) in [4.78, 5) is 14.2. The second-order valence-corrected chi connectivity index (χ2v) is 6.95. The maximum Gasteiger partial charge on any atom is 0.227 e. The van der Waals surface area contributed by atoms with Crippen LogP contribution in [-0.4, -0.2) is 35.5 Å². The summed E-state index contributed by atoms with van der Waals surface area (Å²) in [5.41, 5.74) is 1.76. The molecule has 4 heteroatoms. The van der Waals surface area contributed by atoms with E-state index in [-0.39, 0.29) is 11.8 Å². The molecule has 1 amide bonds. The van der Waals surface area contributed by atoms with Crippen LogP contribution in [0.1, 0.15) is 56.6 Å². The van der Waals surface area contributed by atoms with Crippen LogP contribution < -0.4 is 5.32 Å². The predicted molar refractivity (Wildman–Crippen MR) is 92.3 cm³/mol. The second-order valence-electron chi connectivity index (χ2n) is 6.95. The van der Waals surface area contributed by atoms with Gasteiger partial charge in [0.25, 0.3) is 0 Å². The molecule has 23 heavy (non-hydrogen) atoms. The Kier molecular flexibility index (Phi) is 5.68. The number of hydrogen-bond donors (Lipinski definition) is 2. The van der Waals surface area contributed by atoms with E-state index in [1.54, 1.807) is 0 Å². The molecule has 1 aromatic rings. The molecule has 2 fully saturated rings. The average molecular weight is 316 g/mol. The zero-order chi connectivity index (χ0) is 16.1. The first-order valence-electron chi connectivity index (χ1n) is 9.03. The van der Waals surface area contributed by atoms with Crippen molar-refractivity contribution < 1.29 is 9.90 Å². The molecule has 2 aliphatic rings. The van der Waals surface area contributed by atoms with Crippen molar-refractivity contribution in [2.24, 2.45) is 5.92 Å². The molecule has 1 saturated heterocycles. The van der Waals surface area contributed by atoms with Crippen LogP contribution in [0.5, 0.6) is 0 Å². The summed E-state index contributed by atoms with van der Waals surface area (Å²) in [6.45, 7) is 3.29. The number of aliphatic hydroxyl groups is 1. The van der Waals surface area contributed by atoms with E-state index in [4.69, 9.17) is 0 Å². The number of carbonyl (C=O) groups is 1. The van der Waals surface area contributed by atoms with Gasteiger partial charge in [0.15, 0.2) is 0 Å². The molecular formula is C19H28N2O2. The lowest BCUT2D eigenvalue weighted by Gasteiger charge is -2.21. The minimum atomic E-state index is -0.425. The number of likely N-dealkylation sites (tertiary alicyclic amines) is 1. The topological polar surface area (TPSA) is 52.6 Å². The van der Waals surface area contributed by atoms with Gasteiger partial charge in [0.1, 0.15) is 0 Å². The normalized spacial score (nSPS) is 20.7. The molecule has 1 heterocycles. The zero-order valence-corrected chi connectivity index (χ0v) is 13.8. The second kappa shape index (κ2) is 7.93. The van der Waals surface area contributed by atoms with Crippen molar-refractivity contribution in [2.45, 2.75) is 51.0 Å². The van der Waals surface area contributed by atoms with Gasteiger partial charge in [-0.3, -0.25) is 4.79 Å². The van der Waals surface area contributed by atoms with Gasteiger partial charge in [0.05, 0.1) is 6.10 Å². The fourth-order valence-electron chi connectivity index (χ4n) is 3.21. The summed E-state index contributed by atoms with van der Waals surface area (Å²) in [7, 11) is 0. The van der Waals surface area contributed by atoms with Gasteiger partial charge in [-0.2, -0.15) is 0 Å².